The van der Waals surface area contributed by atoms with Crippen LogP contribution in [0.15, 0.2) is 18.3 Å². The number of nitrogens with zero attached hydrogens (tertiary/aromatic N) is 3. The molecule has 6 nitrogen and oxygen atoms in total. The standard InChI is InChI=1S/C20H24ClIN4O2/c1-20(2,3)28-19(27)26-13-4-5-14(26)8-12(7-13)24-18-15-6-11(22)10-23-16(15)9-17(21)25-18/h6,9-10,12-14H,4-5,7-8H2,1-3H3,(H,24,25)/t12?,13-,14+. The van der Waals surface area contributed by atoms with Crippen molar-refractivity contribution in [2.24, 2.45) is 0 Å². The number of nitrogens with one attached hydrogen (secondary N) is 1. The third kappa shape index (κ3) is 4.15. The number of halogens is 2. The van der Waals surface area contributed by atoms with E-state index in [-0.39, 0.29) is 24.2 Å². The fraction of sp³-hybridized carbons (Fsp3) is 0.550. The van der Waals surface area contributed by atoms with E-state index in [2.05, 4.69) is 43.9 Å². The normalized spacial score (nSPS) is 24.5. The topological polar surface area (TPSA) is 67.3 Å². The quantitative estimate of drug-likeness (QED) is 0.439. The van der Waals surface area contributed by atoms with Gasteiger partial charge in [-0.15, -0.1) is 0 Å². The second-order valence-corrected chi connectivity index (χ2v) is 10.2. The molecular formula is C20H24ClIN4O2. The van der Waals surface area contributed by atoms with Crippen LogP contribution in [-0.4, -0.2) is 44.7 Å². The number of piperidine rings is 1. The van der Waals surface area contributed by atoms with Gasteiger partial charge >= 0.3 is 6.09 Å². The maximum Gasteiger partial charge on any atom is 0.410 e. The van der Waals surface area contributed by atoms with Gasteiger partial charge in [0.05, 0.1) is 5.52 Å². The predicted octanol–water partition coefficient (Wildman–Crippen LogP) is 5.23. The molecule has 4 rings (SSSR count). The second-order valence-electron chi connectivity index (χ2n) is 8.60. The van der Waals surface area contributed by atoms with Crippen LogP contribution in [0.1, 0.15) is 46.5 Å². The Morgan fingerprint density at radius 2 is 1.96 bits per heavy atom. The highest BCUT2D eigenvalue weighted by molar-refractivity contribution is 14.1. The highest BCUT2D eigenvalue weighted by Crippen LogP contribution is 2.38. The van der Waals surface area contributed by atoms with Gasteiger partial charge in [0.15, 0.2) is 0 Å². The summed E-state index contributed by atoms with van der Waals surface area (Å²) in [5.74, 6) is 0.767. The molecule has 4 heterocycles. The number of fused-ring (bicyclic) bond motifs is 3. The van der Waals surface area contributed by atoms with E-state index in [4.69, 9.17) is 16.3 Å². The lowest BCUT2D eigenvalue weighted by molar-refractivity contribution is 0.00683. The number of ether oxygens (including phenoxy) is 1. The largest absolute Gasteiger partial charge is 0.444 e. The number of hydrogen-bond acceptors (Lipinski definition) is 5. The number of aromatic nitrogens is 2. The van der Waals surface area contributed by atoms with Crippen molar-refractivity contribution < 1.29 is 9.53 Å². The Kier molecular flexibility index (Phi) is 5.33. The average molecular weight is 515 g/mol. The van der Waals surface area contributed by atoms with Crippen LogP contribution >= 0.6 is 34.2 Å². The van der Waals surface area contributed by atoms with Gasteiger partial charge < -0.3 is 15.0 Å². The zero-order valence-corrected chi connectivity index (χ0v) is 19.1. The number of hydrogen-bond donors (Lipinski definition) is 1. The number of pyridine rings is 2. The van der Waals surface area contributed by atoms with Gasteiger partial charge in [-0.25, -0.2) is 9.78 Å². The molecule has 2 aliphatic rings. The summed E-state index contributed by atoms with van der Waals surface area (Å²) in [5, 5.41) is 4.98. The number of anilines is 1. The van der Waals surface area contributed by atoms with E-state index < -0.39 is 5.60 Å². The van der Waals surface area contributed by atoms with Crippen molar-refractivity contribution in [3.05, 3.63) is 27.1 Å². The van der Waals surface area contributed by atoms with Gasteiger partial charge in [0, 0.05) is 39.3 Å². The van der Waals surface area contributed by atoms with Crippen molar-refractivity contribution in [2.75, 3.05) is 5.32 Å². The van der Waals surface area contributed by atoms with Gasteiger partial charge in [0.1, 0.15) is 16.6 Å². The average Bonchev–Trinajstić information content (AvgIpc) is 2.85. The van der Waals surface area contributed by atoms with E-state index in [1.807, 2.05) is 31.9 Å². The molecule has 28 heavy (non-hydrogen) atoms. The van der Waals surface area contributed by atoms with Crippen LogP contribution in [0.2, 0.25) is 5.15 Å². The van der Waals surface area contributed by atoms with E-state index in [0.29, 0.717) is 5.15 Å². The third-order valence-electron chi connectivity index (χ3n) is 5.29. The monoisotopic (exact) mass is 514 g/mol. The molecule has 3 atom stereocenters. The van der Waals surface area contributed by atoms with Crippen LogP contribution in [0.4, 0.5) is 10.6 Å². The number of carbonyl (C=O) groups is 1. The number of carbonyl (C=O) groups excluding carboxylic acids is 1. The molecule has 2 bridgehead atoms. The molecular weight excluding hydrogens is 491 g/mol. The molecule has 0 spiro atoms. The van der Waals surface area contributed by atoms with Gasteiger partial charge in [-0.2, -0.15) is 0 Å². The summed E-state index contributed by atoms with van der Waals surface area (Å²) in [5.41, 5.74) is 0.358. The maximum absolute atomic E-state index is 12.6. The Bertz CT molecular complexity index is 903. The van der Waals surface area contributed by atoms with Crippen LogP contribution in [0.3, 0.4) is 0 Å². The predicted molar refractivity (Wildman–Crippen MR) is 119 cm³/mol. The molecule has 0 aromatic carbocycles. The maximum atomic E-state index is 12.6. The fourth-order valence-corrected chi connectivity index (χ4v) is 4.92. The molecule has 2 aromatic rings. The van der Waals surface area contributed by atoms with Gasteiger partial charge in [-0.3, -0.25) is 4.98 Å². The van der Waals surface area contributed by atoms with Crippen molar-refractivity contribution in [1.29, 1.82) is 0 Å². The molecule has 0 aliphatic carbocycles. The molecule has 0 radical (unpaired) electrons. The Hall–Kier alpha value is -1.35. The van der Waals surface area contributed by atoms with Gasteiger partial charge in [-0.1, -0.05) is 11.6 Å². The summed E-state index contributed by atoms with van der Waals surface area (Å²) in [6.07, 6.45) is 5.42. The van der Waals surface area contributed by atoms with Crippen LogP contribution in [-0.2, 0) is 4.74 Å². The van der Waals surface area contributed by atoms with Gasteiger partial charge in [-0.05, 0) is 75.1 Å². The lowest BCUT2D eigenvalue weighted by Crippen LogP contribution is -2.51. The Morgan fingerprint density at radius 1 is 1.29 bits per heavy atom. The molecule has 1 unspecified atom stereocenters. The lowest BCUT2D eigenvalue weighted by atomic mass is 9.97. The third-order valence-corrected chi connectivity index (χ3v) is 6.08. The van der Waals surface area contributed by atoms with Crippen molar-refractivity contribution in [2.45, 2.75) is 70.2 Å². The van der Waals surface area contributed by atoms with Crippen molar-refractivity contribution in [3.8, 4) is 0 Å². The summed E-state index contributed by atoms with van der Waals surface area (Å²) < 4.78 is 6.68. The first-order valence-corrected chi connectivity index (χ1v) is 11.0. The zero-order chi connectivity index (χ0) is 20.1. The molecule has 1 N–H and O–H groups in total. The SMILES string of the molecule is CC(C)(C)OC(=O)N1[C@@H]2CC[C@H]1CC(Nc1nc(Cl)cc3ncc(I)cc13)C2. The minimum Gasteiger partial charge on any atom is -0.444 e. The van der Waals surface area contributed by atoms with Gasteiger partial charge in [0.25, 0.3) is 0 Å². The Morgan fingerprint density at radius 3 is 2.61 bits per heavy atom. The smallest absolute Gasteiger partial charge is 0.410 e. The lowest BCUT2D eigenvalue weighted by Gasteiger charge is -2.39. The van der Waals surface area contributed by atoms with Gasteiger partial charge in [0.2, 0.25) is 0 Å². The highest BCUT2D eigenvalue weighted by atomic mass is 127. The number of amides is 1. The van der Waals surface area contributed by atoms with Crippen molar-refractivity contribution in [3.63, 3.8) is 0 Å². The molecule has 2 aromatic heterocycles. The van der Waals surface area contributed by atoms with E-state index in [9.17, 15) is 4.79 Å². The molecule has 1 amide bonds. The molecule has 2 aliphatic heterocycles. The zero-order valence-electron chi connectivity index (χ0n) is 16.2. The summed E-state index contributed by atoms with van der Waals surface area (Å²) in [6.45, 7) is 5.73. The first kappa shape index (κ1) is 19.9. The van der Waals surface area contributed by atoms with E-state index in [1.165, 1.54) is 0 Å². The molecule has 0 saturated carbocycles. The highest BCUT2D eigenvalue weighted by Gasteiger charge is 2.45. The van der Waals surface area contributed by atoms with Crippen LogP contribution < -0.4 is 5.32 Å². The number of rotatable bonds is 2. The molecule has 2 saturated heterocycles. The van der Waals surface area contributed by atoms with E-state index in [1.54, 1.807) is 6.07 Å². The molecule has 150 valence electrons. The van der Waals surface area contributed by atoms with Crippen molar-refractivity contribution >= 4 is 57.0 Å². The first-order valence-electron chi connectivity index (χ1n) is 9.59. The van der Waals surface area contributed by atoms with Crippen LogP contribution in [0.25, 0.3) is 10.9 Å². The summed E-state index contributed by atoms with van der Waals surface area (Å²) in [4.78, 5) is 23.6. The Labute approximate surface area is 183 Å². The Balaban J connectivity index is 1.53. The molecule has 8 heteroatoms. The summed E-state index contributed by atoms with van der Waals surface area (Å²) in [6, 6.07) is 4.50. The molecule has 2 fully saturated rings. The minimum atomic E-state index is -0.473. The summed E-state index contributed by atoms with van der Waals surface area (Å²) >= 11 is 8.47. The minimum absolute atomic E-state index is 0.191. The fourth-order valence-electron chi connectivity index (χ4n) is 4.28. The van der Waals surface area contributed by atoms with Crippen LogP contribution in [0, 0.1) is 3.57 Å². The van der Waals surface area contributed by atoms with Crippen molar-refractivity contribution in [1.82, 2.24) is 14.9 Å². The second kappa shape index (κ2) is 7.48. The summed E-state index contributed by atoms with van der Waals surface area (Å²) in [7, 11) is 0. The van der Waals surface area contributed by atoms with E-state index >= 15 is 0 Å². The first-order chi connectivity index (χ1) is 13.2. The van der Waals surface area contributed by atoms with Crippen LogP contribution in [0.5, 0.6) is 0 Å². The van der Waals surface area contributed by atoms with E-state index in [0.717, 1.165) is 46.0 Å².